The van der Waals surface area contributed by atoms with Crippen molar-refractivity contribution >= 4 is 23.4 Å². The third kappa shape index (κ3) is 3.81. The van der Waals surface area contributed by atoms with Crippen LogP contribution in [0.15, 0.2) is 34.2 Å². The molecule has 1 amide bonds. The van der Waals surface area contributed by atoms with Gasteiger partial charge in [-0.3, -0.25) is 9.36 Å². The molecule has 0 bridgehead atoms. The number of carbonyl (C=O) groups is 1. The number of thioether (sulfide) groups is 1. The summed E-state index contributed by atoms with van der Waals surface area (Å²) in [6.45, 7) is 4.80. The molecule has 1 N–H and O–H groups in total. The Morgan fingerprint density at radius 2 is 2.20 bits per heavy atom. The predicted molar refractivity (Wildman–Crippen MR) is 100 cm³/mol. The van der Waals surface area contributed by atoms with Gasteiger partial charge in [-0.1, -0.05) is 43.3 Å². The quantitative estimate of drug-likeness (QED) is 0.804. The minimum absolute atomic E-state index is 0.0575. The molecule has 1 unspecified atom stereocenters. The number of amides is 1. The lowest BCUT2D eigenvalue weighted by Crippen LogP contribution is -2.43. The van der Waals surface area contributed by atoms with Crippen LogP contribution >= 0.6 is 11.8 Å². The maximum atomic E-state index is 12.9. The second-order valence-corrected chi connectivity index (χ2v) is 7.33. The van der Waals surface area contributed by atoms with Crippen LogP contribution in [-0.2, 0) is 17.8 Å². The third-order valence-corrected chi connectivity index (χ3v) is 5.54. The number of nitrogens with zero attached hydrogens (tertiary/aromatic N) is 3. The first-order valence-corrected chi connectivity index (χ1v) is 9.78. The van der Waals surface area contributed by atoms with Gasteiger partial charge >= 0.3 is 5.69 Å². The molecule has 0 radical (unpaired) electrons. The molecule has 1 aliphatic rings. The van der Waals surface area contributed by atoms with Crippen LogP contribution in [0.4, 0.5) is 5.69 Å². The molecule has 2 aromatic rings. The molecule has 2 heterocycles. The topological polar surface area (TPSA) is 71.0 Å². The van der Waals surface area contributed by atoms with Crippen LogP contribution in [0.25, 0.3) is 0 Å². The second-order valence-electron chi connectivity index (χ2n) is 6.39. The van der Waals surface area contributed by atoms with Crippen LogP contribution in [0.1, 0.15) is 38.7 Å². The van der Waals surface area contributed by atoms with Gasteiger partial charge in [-0.15, -0.1) is 5.10 Å². The van der Waals surface area contributed by atoms with Gasteiger partial charge in [0.1, 0.15) is 0 Å². The lowest BCUT2D eigenvalue weighted by Gasteiger charge is -2.35. The highest BCUT2D eigenvalue weighted by atomic mass is 32.2. The van der Waals surface area contributed by atoms with E-state index in [2.05, 4.69) is 30.1 Å². The number of hydrogen-bond acceptors (Lipinski definition) is 4. The number of para-hydroxylation sites is 1. The van der Waals surface area contributed by atoms with E-state index >= 15 is 0 Å². The summed E-state index contributed by atoms with van der Waals surface area (Å²) in [6, 6.07) is 8.27. The van der Waals surface area contributed by atoms with Crippen LogP contribution < -0.4 is 10.6 Å². The predicted octanol–water partition coefficient (Wildman–Crippen LogP) is 2.83. The summed E-state index contributed by atoms with van der Waals surface area (Å²) in [5.41, 5.74) is 2.02. The van der Waals surface area contributed by atoms with Crippen molar-refractivity contribution in [2.75, 3.05) is 10.7 Å². The first kappa shape index (κ1) is 17.8. The fraction of sp³-hybridized carbons (Fsp3) is 0.500. The third-order valence-electron chi connectivity index (χ3n) is 4.58. The van der Waals surface area contributed by atoms with E-state index in [1.807, 2.05) is 23.1 Å². The zero-order valence-electron chi connectivity index (χ0n) is 14.7. The minimum atomic E-state index is -0.208. The van der Waals surface area contributed by atoms with E-state index in [9.17, 15) is 9.59 Å². The average Bonchev–Trinajstić information content (AvgIpc) is 2.97. The molecule has 134 valence electrons. The summed E-state index contributed by atoms with van der Waals surface area (Å²) >= 11 is 1.33. The summed E-state index contributed by atoms with van der Waals surface area (Å²) in [5.74, 6) is 0.330. The Bertz CT molecular complexity index is 798. The number of H-pyrrole nitrogens is 1. The Hall–Kier alpha value is -2.02. The van der Waals surface area contributed by atoms with Crippen molar-refractivity contribution < 1.29 is 4.79 Å². The fourth-order valence-corrected chi connectivity index (χ4v) is 4.02. The molecule has 0 fully saturated rings. The van der Waals surface area contributed by atoms with Crippen molar-refractivity contribution in [3.8, 4) is 0 Å². The second kappa shape index (κ2) is 7.91. The molecule has 0 saturated heterocycles. The number of fused-ring (bicyclic) bond motifs is 1. The number of hydrogen-bond donors (Lipinski definition) is 1. The number of carbonyl (C=O) groups excluding carboxylic acids is 1. The van der Waals surface area contributed by atoms with E-state index in [1.165, 1.54) is 17.3 Å². The van der Waals surface area contributed by atoms with Gasteiger partial charge in [-0.05, 0) is 37.8 Å². The summed E-state index contributed by atoms with van der Waals surface area (Å²) in [7, 11) is 0. The molecule has 0 saturated carbocycles. The first-order valence-electron chi connectivity index (χ1n) is 8.79. The smallest absolute Gasteiger partial charge is 0.309 e. The Morgan fingerprint density at radius 3 is 3.00 bits per heavy atom. The van der Waals surface area contributed by atoms with Gasteiger partial charge in [-0.25, -0.2) is 9.89 Å². The number of benzene rings is 1. The minimum Gasteiger partial charge on any atom is -0.309 e. The van der Waals surface area contributed by atoms with E-state index in [0.717, 1.165) is 31.4 Å². The van der Waals surface area contributed by atoms with Gasteiger partial charge in [0.25, 0.3) is 0 Å². The van der Waals surface area contributed by atoms with Crippen molar-refractivity contribution in [2.24, 2.45) is 0 Å². The molecule has 1 atom stereocenters. The molecule has 0 aliphatic carbocycles. The molecule has 6 nitrogen and oxygen atoms in total. The van der Waals surface area contributed by atoms with Crippen molar-refractivity contribution in [3.63, 3.8) is 0 Å². The molecule has 1 aromatic carbocycles. The molecule has 1 aliphatic heterocycles. The van der Waals surface area contributed by atoms with E-state index in [0.29, 0.717) is 11.7 Å². The average molecular weight is 360 g/mol. The molecule has 3 rings (SSSR count). The maximum Gasteiger partial charge on any atom is 0.343 e. The number of anilines is 1. The number of rotatable bonds is 6. The number of nitrogens with one attached hydrogen (secondary N) is 1. The van der Waals surface area contributed by atoms with E-state index in [-0.39, 0.29) is 23.4 Å². The zero-order valence-corrected chi connectivity index (χ0v) is 15.5. The van der Waals surface area contributed by atoms with E-state index in [1.54, 1.807) is 4.57 Å². The SMILES string of the molecule is CCCCn1c(SCC(=O)N2c3ccccc3CCC2C)n[nH]c1=O. The van der Waals surface area contributed by atoms with E-state index in [4.69, 9.17) is 0 Å². The van der Waals surface area contributed by atoms with Crippen LogP contribution in [-0.4, -0.2) is 32.5 Å². The van der Waals surface area contributed by atoms with E-state index < -0.39 is 0 Å². The van der Waals surface area contributed by atoms with Crippen LogP contribution in [0.3, 0.4) is 0 Å². The van der Waals surface area contributed by atoms with Gasteiger partial charge in [0.2, 0.25) is 5.91 Å². The van der Waals surface area contributed by atoms with Crippen LogP contribution in [0.5, 0.6) is 0 Å². The first-order chi connectivity index (χ1) is 12.1. The zero-order chi connectivity index (χ0) is 17.8. The number of aromatic nitrogens is 3. The van der Waals surface area contributed by atoms with Crippen LogP contribution in [0, 0.1) is 0 Å². The van der Waals surface area contributed by atoms with Gasteiger partial charge in [0.15, 0.2) is 5.16 Å². The maximum absolute atomic E-state index is 12.9. The molecule has 1 aromatic heterocycles. The number of aromatic amines is 1. The monoisotopic (exact) mass is 360 g/mol. The highest BCUT2D eigenvalue weighted by Crippen LogP contribution is 2.31. The van der Waals surface area contributed by atoms with Gasteiger partial charge < -0.3 is 4.90 Å². The lowest BCUT2D eigenvalue weighted by molar-refractivity contribution is -0.116. The molecule has 0 spiro atoms. The highest BCUT2D eigenvalue weighted by molar-refractivity contribution is 7.99. The van der Waals surface area contributed by atoms with Crippen molar-refractivity contribution in [2.45, 2.75) is 57.3 Å². The molecule has 25 heavy (non-hydrogen) atoms. The van der Waals surface area contributed by atoms with Gasteiger partial charge in [0.05, 0.1) is 5.75 Å². The lowest BCUT2D eigenvalue weighted by atomic mass is 9.97. The van der Waals surface area contributed by atoms with Gasteiger partial charge in [-0.2, -0.15) is 0 Å². The summed E-state index contributed by atoms with van der Waals surface area (Å²) in [5, 5.41) is 7.14. The largest absolute Gasteiger partial charge is 0.343 e. The Kier molecular flexibility index (Phi) is 5.63. The standard InChI is InChI=1S/C18H24N4O2S/c1-3-4-11-21-17(24)19-20-18(21)25-12-16(23)22-13(2)9-10-14-7-5-6-8-15(14)22/h5-8,13H,3-4,9-12H2,1-2H3,(H,19,24). The van der Waals surface area contributed by atoms with Crippen molar-refractivity contribution in [1.82, 2.24) is 14.8 Å². The molecular formula is C18H24N4O2S. The van der Waals surface area contributed by atoms with Crippen LogP contribution in [0.2, 0.25) is 0 Å². The van der Waals surface area contributed by atoms with Crippen molar-refractivity contribution in [1.29, 1.82) is 0 Å². The normalized spacial score (nSPS) is 16.7. The summed E-state index contributed by atoms with van der Waals surface area (Å²) in [6.07, 6.45) is 3.89. The Morgan fingerprint density at radius 1 is 1.40 bits per heavy atom. The van der Waals surface area contributed by atoms with Crippen molar-refractivity contribution in [3.05, 3.63) is 40.3 Å². The fourth-order valence-electron chi connectivity index (χ4n) is 3.19. The number of unbranched alkanes of at least 4 members (excludes halogenated alkanes) is 1. The Balaban J connectivity index is 1.72. The summed E-state index contributed by atoms with van der Waals surface area (Å²) in [4.78, 5) is 26.6. The number of aryl methyl sites for hydroxylation is 1. The molecular weight excluding hydrogens is 336 g/mol. The van der Waals surface area contributed by atoms with Gasteiger partial charge in [0, 0.05) is 18.3 Å². The highest BCUT2D eigenvalue weighted by Gasteiger charge is 2.28. The Labute approximate surface area is 151 Å². The molecule has 7 heteroatoms. The summed E-state index contributed by atoms with van der Waals surface area (Å²) < 4.78 is 1.62.